The number of hydrogen-bond acceptors (Lipinski definition) is 10. The Kier molecular flexibility index (Phi) is 8.07. The molecule has 0 atom stereocenters. The van der Waals surface area contributed by atoms with Gasteiger partial charge in [-0.25, -0.2) is 0 Å². The molecule has 0 spiro atoms. The minimum Gasteiger partial charge on any atom is -0.506 e. The van der Waals surface area contributed by atoms with E-state index in [2.05, 4.69) is 14.7 Å². The van der Waals surface area contributed by atoms with Gasteiger partial charge >= 0.3 is 6.61 Å². The molecule has 39 heavy (non-hydrogen) atoms. The lowest BCUT2D eigenvalue weighted by Gasteiger charge is -2.14. The van der Waals surface area contributed by atoms with Crippen molar-refractivity contribution in [2.45, 2.75) is 32.3 Å². The number of rotatable bonds is 6. The van der Waals surface area contributed by atoms with Crippen molar-refractivity contribution >= 4 is 22.1 Å². The zero-order valence-corrected chi connectivity index (χ0v) is 20.4. The Morgan fingerprint density at radius 3 is 1.82 bits per heavy atom. The number of nitrogens with zero attached hydrogens (tertiary/aromatic N) is 4. The predicted octanol–water partition coefficient (Wildman–Crippen LogP) is 1.85. The van der Waals surface area contributed by atoms with Crippen molar-refractivity contribution in [1.29, 1.82) is 0 Å². The summed E-state index contributed by atoms with van der Waals surface area (Å²) < 4.78 is 53.0. The summed E-state index contributed by atoms with van der Waals surface area (Å²) in [6.45, 7) is -0.502. The van der Waals surface area contributed by atoms with E-state index in [9.17, 15) is 23.5 Å². The Bertz CT molecular complexity index is 1570. The van der Waals surface area contributed by atoms with Gasteiger partial charge < -0.3 is 37.9 Å². The zero-order valence-electron chi connectivity index (χ0n) is 20.4. The van der Waals surface area contributed by atoms with Crippen LogP contribution in [-0.2, 0) is 32.0 Å². The molecule has 0 aliphatic carbocycles. The van der Waals surface area contributed by atoms with Crippen LogP contribution in [0.3, 0.4) is 0 Å². The van der Waals surface area contributed by atoms with Crippen LogP contribution < -0.4 is 15.9 Å². The second kappa shape index (κ2) is 11.8. The van der Waals surface area contributed by atoms with E-state index in [4.69, 9.17) is 18.9 Å². The van der Waals surface area contributed by atoms with Crippen LogP contribution in [-0.4, -0.2) is 69.8 Å². The molecule has 0 aromatic carbocycles. The van der Waals surface area contributed by atoms with Gasteiger partial charge in [-0.15, -0.1) is 0 Å². The molecule has 0 radical (unpaired) electrons. The molecule has 0 saturated carbocycles. The highest BCUT2D eigenvalue weighted by Crippen LogP contribution is 2.20. The lowest BCUT2D eigenvalue weighted by atomic mass is 10.3. The maximum absolute atomic E-state index is 12.3. The lowest BCUT2D eigenvalue weighted by molar-refractivity contribution is -0.0528. The standard InChI is InChI=1S/C13H12F2N2O4.C12H12N2O4/c14-13(15)21-8-5-10-9(16-6-8)1-2-11(18)17(10)7-12-19-3-4-20-12;15-8-5-10-9(13-6-8)1-2-11(16)14(10)7-12-17-3-4-18-12/h1-2,5-6,12-13H,3-4,7H2;1-2,5-6,12,15H,3-4,7H2. The highest BCUT2D eigenvalue weighted by Gasteiger charge is 2.20. The van der Waals surface area contributed by atoms with E-state index in [0.29, 0.717) is 55.0 Å². The fourth-order valence-electron chi connectivity index (χ4n) is 4.17. The van der Waals surface area contributed by atoms with Gasteiger partial charge in [0.15, 0.2) is 12.6 Å². The van der Waals surface area contributed by atoms with E-state index in [-0.39, 0.29) is 29.2 Å². The summed E-state index contributed by atoms with van der Waals surface area (Å²) in [6.07, 6.45) is 1.58. The molecule has 1 N–H and O–H groups in total. The SMILES string of the molecule is O=c1ccc2ncc(O)cc2n1CC1OCCO1.O=c1ccc2ncc(OC(F)F)cc2n1CC1OCCO1. The third-order valence-corrected chi connectivity index (χ3v) is 5.91. The van der Waals surface area contributed by atoms with E-state index in [1.165, 1.54) is 51.9 Å². The van der Waals surface area contributed by atoms with E-state index in [1.54, 1.807) is 6.07 Å². The second-order valence-electron chi connectivity index (χ2n) is 8.46. The second-order valence-corrected chi connectivity index (χ2v) is 8.46. The molecule has 6 heterocycles. The maximum Gasteiger partial charge on any atom is 0.387 e. The molecule has 0 amide bonds. The Morgan fingerprint density at radius 1 is 0.821 bits per heavy atom. The normalized spacial score (nSPS) is 16.2. The minimum atomic E-state index is -2.95. The maximum atomic E-state index is 12.3. The molecule has 2 fully saturated rings. The first-order valence-electron chi connectivity index (χ1n) is 12.0. The molecule has 2 aliphatic rings. The van der Waals surface area contributed by atoms with Crippen LogP contribution in [0.2, 0.25) is 0 Å². The van der Waals surface area contributed by atoms with Crippen LogP contribution in [0.25, 0.3) is 22.1 Å². The number of pyridine rings is 4. The molecule has 206 valence electrons. The molecule has 2 aliphatic heterocycles. The fourth-order valence-corrected chi connectivity index (χ4v) is 4.17. The van der Waals surface area contributed by atoms with Crippen molar-refractivity contribution in [3.8, 4) is 11.5 Å². The highest BCUT2D eigenvalue weighted by molar-refractivity contribution is 5.76. The van der Waals surface area contributed by atoms with Crippen LogP contribution in [0.4, 0.5) is 8.78 Å². The lowest BCUT2D eigenvalue weighted by Crippen LogP contribution is -2.27. The largest absolute Gasteiger partial charge is 0.506 e. The number of alkyl halides is 2. The number of fused-ring (bicyclic) bond motifs is 2. The first kappa shape index (κ1) is 26.6. The Hall–Kier alpha value is -3.98. The Labute approximate surface area is 218 Å². The topological polar surface area (TPSA) is 136 Å². The minimum absolute atomic E-state index is 0.0232. The number of ether oxygens (including phenoxy) is 5. The summed E-state index contributed by atoms with van der Waals surface area (Å²) in [5.41, 5.74) is 1.63. The van der Waals surface area contributed by atoms with E-state index in [0.717, 1.165) is 0 Å². The third-order valence-electron chi connectivity index (χ3n) is 5.91. The van der Waals surface area contributed by atoms with Gasteiger partial charge in [0.1, 0.15) is 11.5 Å². The molecule has 0 bridgehead atoms. The van der Waals surface area contributed by atoms with Crippen LogP contribution in [0.1, 0.15) is 0 Å². The average Bonchev–Trinajstić information content (AvgIpc) is 3.62. The number of hydrogen-bond donors (Lipinski definition) is 1. The van der Waals surface area contributed by atoms with Crippen LogP contribution in [0.15, 0.2) is 58.4 Å². The summed E-state index contributed by atoms with van der Waals surface area (Å²) in [4.78, 5) is 31.9. The van der Waals surface area contributed by atoms with Crippen LogP contribution in [0, 0.1) is 0 Å². The van der Waals surface area contributed by atoms with Crippen molar-refractivity contribution in [1.82, 2.24) is 19.1 Å². The van der Waals surface area contributed by atoms with Crippen molar-refractivity contribution in [3.05, 3.63) is 69.5 Å². The summed E-state index contributed by atoms with van der Waals surface area (Å²) >= 11 is 0. The van der Waals surface area contributed by atoms with Gasteiger partial charge in [0.05, 0.1) is 74.0 Å². The van der Waals surface area contributed by atoms with Crippen molar-refractivity contribution in [2.75, 3.05) is 26.4 Å². The third kappa shape index (κ3) is 6.37. The molecule has 2 saturated heterocycles. The molecular weight excluding hydrogens is 522 g/mol. The first-order chi connectivity index (χ1) is 18.9. The Morgan fingerprint density at radius 2 is 1.31 bits per heavy atom. The average molecular weight is 546 g/mol. The molecule has 14 heteroatoms. The molecule has 4 aromatic rings. The van der Waals surface area contributed by atoms with E-state index < -0.39 is 19.2 Å². The van der Waals surface area contributed by atoms with Crippen molar-refractivity contribution in [2.24, 2.45) is 0 Å². The Balaban J connectivity index is 0.000000160. The predicted molar refractivity (Wildman–Crippen MR) is 132 cm³/mol. The number of aromatic hydroxyl groups is 1. The van der Waals surface area contributed by atoms with Crippen molar-refractivity contribution < 1.29 is 37.6 Å². The van der Waals surface area contributed by atoms with Gasteiger partial charge in [-0.2, -0.15) is 8.78 Å². The molecular formula is C25H24F2N4O8. The number of halogens is 2. The summed E-state index contributed by atoms with van der Waals surface area (Å²) in [5, 5.41) is 9.47. The molecule has 4 aromatic heterocycles. The van der Waals surface area contributed by atoms with Crippen LogP contribution in [0.5, 0.6) is 11.5 Å². The summed E-state index contributed by atoms with van der Waals surface area (Å²) in [7, 11) is 0. The quantitative estimate of drug-likeness (QED) is 0.382. The van der Waals surface area contributed by atoms with Gasteiger partial charge in [0.25, 0.3) is 11.1 Å². The van der Waals surface area contributed by atoms with E-state index >= 15 is 0 Å². The smallest absolute Gasteiger partial charge is 0.387 e. The number of aromatic nitrogens is 4. The first-order valence-corrected chi connectivity index (χ1v) is 12.0. The van der Waals surface area contributed by atoms with Crippen molar-refractivity contribution in [3.63, 3.8) is 0 Å². The summed E-state index contributed by atoms with van der Waals surface area (Å²) in [6, 6.07) is 8.82. The monoisotopic (exact) mass is 546 g/mol. The fraction of sp³-hybridized carbons (Fsp3) is 0.360. The van der Waals surface area contributed by atoms with Gasteiger partial charge in [-0.3, -0.25) is 19.6 Å². The van der Waals surface area contributed by atoms with Gasteiger partial charge in [0.2, 0.25) is 0 Å². The molecule has 12 nitrogen and oxygen atoms in total. The van der Waals surface area contributed by atoms with Gasteiger partial charge in [0, 0.05) is 24.3 Å². The van der Waals surface area contributed by atoms with Gasteiger partial charge in [-0.1, -0.05) is 0 Å². The molecule has 0 unspecified atom stereocenters. The van der Waals surface area contributed by atoms with Crippen LogP contribution >= 0.6 is 0 Å². The summed E-state index contributed by atoms with van der Waals surface area (Å²) in [5.74, 6) is -0.0831. The highest BCUT2D eigenvalue weighted by atomic mass is 19.3. The van der Waals surface area contributed by atoms with E-state index in [1.807, 2.05) is 0 Å². The zero-order chi connectivity index (χ0) is 27.4. The molecule has 6 rings (SSSR count). The van der Waals surface area contributed by atoms with Gasteiger partial charge in [-0.05, 0) is 12.1 Å².